The van der Waals surface area contributed by atoms with Crippen molar-refractivity contribution in [3.8, 4) is 11.4 Å². The van der Waals surface area contributed by atoms with E-state index in [1.165, 1.54) is 24.3 Å². The van der Waals surface area contributed by atoms with Crippen molar-refractivity contribution in [3.63, 3.8) is 0 Å². The summed E-state index contributed by atoms with van der Waals surface area (Å²) in [7, 11) is 0. The third-order valence-corrected chi connectivity index (χ3v) is 4.09. The van der Waals surface area contributed by atoms with Crippen molar-refractivity contribution in [2.75, 3.05) is 32.8 Å². The van der Waals surface area contributed by atoms with Crippen LogP contribution in [0.4, 0.5) is 13.2 Å². The van der Waals surface area contributed by atoms with E-state index in [0.717, 1.165) is 19.6 Å². The Kier molecular flexibility index (Phi) is 5.76. The fourth-order valence-electron chi connectivity index (χ4n) is 2.75. The number of rotatable bonds is 5. The van der Waals surface area contributed by atoms with E-state index in [4.69, 9.17) is 4.74 Å². The summed E-state index contributed by atoms with van der Waals surface area (Å²) in [6.07, 6.45) is -4.69. The van der Waals surface area contributed by atoms with E-state index in [9.17, 15) is 18.0 Å². The monoisotopic (exact) mass is 384 g/mol. The van der Waals surface area contributed by atoms with Gasteiger partial charge >= 0.3 is 12.1 Å². The highest BCUT2D eigenvalue weighted by molar-refractivity contribution is 5.94. The Bertz CT molecular complexity index is 770. The number of nitrogens with one attached hydrogen (secondary N) is 1. The molecular formula is C17H19F3N4O3. The van der Waals surface area contributed by atoms with E-state index in [-0.39, 0.29) is 17.8 Å². The normalized spacial score (nSPS) is 16.9. The minimum Gasteiger partial charge on any atom is -0.379 e. The first-order valence-corrected chi connectivity index (χ1v) is 8.45. The molecule has 7 nitrogen and oxygen atoms in total. The zero-order chi connectivity index (χ0) is 19.4. The average Bonchev–Trinajstić information content (AvgIpc) is 3.13. The average molecular weight is 384 g/mol. The Morgan fingerprint density at radius 2 is 1.93 bits per heavy atom. The SMILES string of the molecule is CC(CN1CCOCC1)NC(=O)c1ccc(-c2noc(C(F)(F)F)n2)cc1. The number of carbonyl (C=O) groups is 1. The second-order valence-electron chi connectivity index (χ2n) is 6.29. The van der Waals surface area contributed by atoms with Gasteiger partial charge in [-0.2, -0.15) is 18.2 Å². The molecule has 0 spiro atoms. The second kappa shape index (κ2) is 8.05. The van der Waals surface area contributed by atoms with E-state index in [1.54, 1.807) is 0 Å². The first-order chi connectivity index (χ1) is 12.8. The number of hydrogen-bond acceptors (Lipinski definition) is 6. The number of hydrogen-bond donors (Lipinski definition) is 1. The molecule has 1 N–H and O–H groups in total. The summed E-state index contributed by atoms with van der Waals surface area (Å²) in [5.41, 5.74) is 0.722. The highest BCUT2D eigenvalue weighted by Gasteiger charge is 2.38. The molecule has 3 rings (SSSR count). The Morgan fingerprint density at radius 1 is 1.26 bits per heavy atom. The quantitative estimate of drug-likeness (QED) is 0.851. The Balaban J connectivity index is 1.59. The van der Waals surface area contributed by atoms with Gasteiger partial charge in [0.25, 0.3) is 5.91 Å². The molecule has 1 saturated heterocycles. The maximum Gasteiger partial charge on any atom is 0.471 e. The zero-order valence-electron chi connectivity index (χ0n) is 14.6. The van der Waals surface area contributed by atoms with Crippen molar-refractivity contribution in [3.05, 3.63) is 35.7 Å². The van der Waals surface area contributed by atoms with Gasteiger partial charge in [-0.25, -0.2) is 0 Å². The van der Waals surface area contributed by atoms with Crippen molar-refractivity contribution in [1.29, 1.82) is 0 Å². The molecule has 2 heterocycles. The Hall–Kier alpha value is -2.46. The molecule has 1 aliphatic heterocycles. The van der Waals surface area contributed by atoms with Crippen LogP contribution in [0.1, 0.15) is 23.2 Å². The molecule has 2 aromatic rings. The summed E-state index contributed by atoms with van der Waals surface area (Å²) in [5.74, 6) is -1.85. The van der Waals surface area contributed by atoms with Crippen LogP contribution in [0.2, 0.25) is 0 Å². The van der Waals surface area contributed by atoms with Crippen LogP contribution >= 0.6 is 0 Å². The van der Waals surface area contributed by atoms with E-state index in [2.05, 4.69) is 24.9 Å². The molecule has 10 heteroatoms. The Morgan fingerprint density at radius 3 is 2.52 bits per heavy atom. The molecule has 1 aliphatic rings. The van der Waals surface area contributed by atoms with Crippen LogP contribution in [0.25, 0.3) is 11.4 Å². The van der Waals surface area contributed by atoms with Crippen LogP contribution in [-0.4, -0.2) is 59.8 Å². The maximum absolute atomic E-state index is 12.5. The molecule has 1 atom stereocenters. The molecular weight excluding hydrogens is 365 g/mol. The molecule has 1 amide bonds. The number of morpholine rings is 1. The van der Waals surface area contributed by atoms with Crippen LogP contribution in [0, 0.1) is 0 Å². The van der Waals surface area contributed by atoms with Crippen LogP contribution in [-0.2, 0) is 10.9 Å². The van der Waals surface area contributed by atoms with Gasteiger partial charge < -0.3 is 14.6 Å². The second-order valence-corrected chi connectivity index (χ2v) is 6.29. The summed E-state index contributed by atoms with van der Waals surface area (Å²) in [5, 5.41) is 6.23. The largest absolute Gasteiger partial charge is 0.471 e. The fourth-order valence-corrected chi connectivity index (χ4v) is 2.75. The molecule has 1 unspecified atom stereocenters. The van der Waals surface area contributed by atoms with Crippen molar-refractivity contribution >= 4 is 5.91 Å². The molecule has 146 valence electrons. The maximum atomic E-state index is 12.5. The topological polar surface area (TPSA) is 80.5 Å². The van der Waals surface area contributed by atoms with Gasteiger partial charge in [-0.05, 0) is 19.1 Å². The molecule has 0 aliphatic carbocycles. The highest BCUT2D eigenvalue weighted by atomic mass is 19.4. The molecule has 0 bridgehead atoms. The van der Waals surface area contributed by atoms with Crippen molar-refractivity contribution < 1.29 is 27.2 Å². The first kappa shape index (κ1) is 19.3. The van der Waals surface area contributed by atoms with Crippen LogP contribution in [0.5, 0.6) is 0 Å². The van der Waals surface area contributed by atoms with Gasteiger partial charge in [0, 0.05) is 36.8 Å². The number of aromatic nitrogens is 2. The molecule has 1 aromatic carbocycles. The Labute approximate surface area is 153 Å². The van der Waals surface area contributed by atoms with E-state index in [1.807, 2.05) is 6.92 Å². The van der Waals surface area contributed by atoms with Crippen molar-refractivity contribution in [2.24, 2.45) is 0 Å². The minimum atomic E-state index is -4.69. The number of amides is 1. The molecule has 0 radical (unpaired) electrons. The third kappa shape index (κ3) is 5.04. The summed E-state index contributed by atoms with van der Waals surface area (Å²) in [6.45, 7) is 5.68. The van der Waals surface area contributed by atoms with Gasteiger partial charge in [0.1, 0.15) is 0 Å². The number of benzene rings is 1. The number of ether oxygens (including phenoxy) is 1. The molecule has 0 saturated carbocycles. The van der Waals surface area contributed by atoms with Crippen molar-refractivity contribution in [2.45, 2.75) is 19.1 Å². The van der Waals surface area contributed by atoms with Crippen molar-refractivity contribution in [1.82, 2.24) is 20.4 Å². The number of halogens is 3. The lowest BCUT2D eigenvalue weighted by molar-refractivity contribution is -0.159. The minimum absolute atomic E-state index is 0.0539. The predicted octanol–water partition coefficient (Wildman–Crippen LogP) is 2.21. The van der Waals surface area contributed by atoms with Gasteiger partial charge in [0.05, 0.1) is 13.2 Å². The lowest BCUT2D eigenvalue weighted by Gasteiger charge is -2.29. The standard InChI is InChI=1S/C17H19F3N4O3/c1-11(10-24-6-8-26-9-7-24)21-15(25)13-4-2-12(3-5-13)14-22-16(27-23-14)17(18,19)20/h2-5,11H,6-10H2,1H3,(H,21,25). The summed E-state index contributed by atoms with van der Waals surface area (Å²) >= 11 is 0. The highest BCUT2D eigenvalue weighted by Crippen LogP contribution is 2.29. The van der Waals surface area contributed by atoms with Gasteiger partial charge in [-0.3, -0.25) is 9.69 Å². The van der Waals surface area contributed by atoms with E-state index < -0.39 is 12.1 Å². The zero-order valence-corrected chi connectivity index (χ0v) is 14.6. The van der Waals surface area contributed by atoms with Crippen LogP contribution in [0.3, 0.4) is 0 Å². The third-order valence-electron chi connectivity index (χ3n) is 4.09. The van der Waals surface area contributed by atoms with Gasteiger partial charge in [-0.15, -0.1) is 0 Å². The van der Waals surface area contributed by atoms with Gasteiger partial charge in [0.15, 0.2) is 0 Å². The van der Waals surface area contributed by atoms with E-state index in [0.29, 0.717) is 24.3 Å². The van der Waals surface area contributed by atoms with Crippen LogP contribution < -0.4 is 5.32 Å². The van der Waals surface area contributed by atoms with Crippen LogP contribution in [0.15, 0.2) is 28.8 Å². The number of carbonyl (C=O) groups excluding carboxylic acids is 1. The first-order valence-electron chi connectivity index (χ1n) is 8.45. The summed E-state index contributed by atoms with van der Waals surface area (Å²) < 4.78 is 47.0. The van der Waals surface area contributed by atoms with Gasteiger partial charge in [-0.1, -0.05) is 17.3 Å². The van der Waals surface area contributed by atoms with E-state index >= 15 is 0 Å². The predicted molar refractivity (Wildman–Crippen MR) is 88.9 cm³/mol. The molecule has 27 heavy (non-hydrogen) atoms. The number of nitrogens with zero attached hydrogens (tertiary/aromatic N) is 3. The lowest BCUT2D eigenvalue weighted by atomic mass is 10.1. The molecule has 1 fully saturated rings. The smallest absolute Gasteiger partial charge is 0.379 e. The summed E-state index contributed by atoms with van der Waals surface area (Å²) in [6, 6.07) is 5.92. The molecule has 1 aromatic heterocycles. The fraction of sp³-hybridized carbons (Fsp3) is 0.471. The summed E-state index contributed by atoms with van der Waals surface area (Å²) in [4.78, 5) is 17.9. The van der Waals surface area contributed by atoms with Gasteiger partial charge in [0.2, 0.25) is 5.82 Å². The lowest BCUT2D eigenvalue weighted by Crippen LogP contribution is -2.46. The number of alkyl halides is 3.